The third-order valence-corrected chi connectivity index (χ3v) is 4.39. The lowest BCUT2D eigenvalue weighted by Gasteiger charge is -2.06. The number of hydrogen-bond donors (Lipinski definition) is 2. The molecule has 1 aromatic heterocycles. The maximum absolute atomic E-state index is 12.0. The summed E-state index contributed by atoms with van der Waals surface area (Å²) in [6.07, 6.45) is 4.66. The predicted molar refractivity (Wildman–Crippen MR) is 109 cm³/mol. The molecule has 144 valence electrons. The molecule has 0 unspecified atom stereocenters. The van der Waals surface area contributed by atoms with Crippen molar-refractivity contribution in [3.8, 4) is 5.69 Å². The monoisotopic (exact) mass is 396 g/mol. The molecule has 0 bridgehead atoms. The maximum Gasteiger partial charge on any atom is 0.251 e. The van der Waals surface area contributed by atoms with E-state index in [9.17, 15) is 9.59 Å². The number of aromatic nitrogens is 2. The molecular weight excluding hydrogens is 376 g/mol. The van der Waals surface area contributed by atoms with Crippen LogP contribution < -0.4 is 10.6 Å². The van der Waals surface area contributed by atoms with E-state index in [4.69, 9.17) is 11.6 Å². The molecule has 0 radical (unpaired) electrons. The quantitative estimate of drug-likeness (QED) is 0.614. The van der Waals surface area contributed by atoms with Crippen molar-refractivity contribution in [2.24, 2.45) is 0 Å². The number of para-hydroxylation sites is 1. The summed E-state index contributed by atoms with van der Waals surface area (Å²) >= 11 is 5.80. The topological polar surface area (TPSA) is 76.0 Å². The zero-order valence-electron chi connectivity index (χ0n) is 15.3. The summed E-state index contributed by atoms with van der Waals surface area (Å²) in [5.41, 5.74) is 2.55. The Labute approximate surface area is 168 Å². The Hall–Kier alpha value is -3.12. The molecule has 0 aliphatic rings. The molecule has 0 aliphatic heterocycles. The molecule has 0 saturated carbocycles. The molecule has 3 aromatic rings. The van der Waals surface area contributed by atoms with Gasteiger partial charge in [-0.25, -0.2) is 4.68 Å². The molecule has 1 heterocycles. The lowest BCUT2D eigenvalue weighted by Crippen LogP contribution is -2.31. The number of nitrogens with zero attached hydrogens (tertiary/aromatic N) is 2. The van der Waals surface area contributed by atoms with E-state index >= 15 is 0 Å². The highest BCUT2D eigenvalue weighted by Gasteiger charge is 2.07. The van der Waals surface area contributed by atoms with Gasteiger partial charge < -0.3 is 10.6 Å². The number of hydrogen-bond acceptors (Lipinski definition) is 3. The van der Waals surface area contributed by atoms with Crippen LogP contribution in [0, 0.1) is 0 Å². The molecular formula is C21H21ClN4O2. The Morgan fingerprint density at radius 2 is 1.71 bits per heavy atom. The van der Waals surface area contributed by atoms with E-state index in [0.717, 1.165) is 11.3 Å². The first-order chi connectivity index (χ1) is 13.6. The molecule has 2 N–H and O–H groups in total. The first-order valence-electron chi connectivity index (χ1n) is 9.01. The SMILES string of the molecule is O=C(CCNC(=O)c1ccc(Cl)cc1)NCCc1cnn(-c2ccccc2)c1. The Morgan fingerprint density at radius 3 is 2.46 bits per heavy atom. The summed E-state index contributed by atoms with van der Waals surface area (Å²) in [5.74, 6) is -0.329. The summed E-state index contributed by atoms with van der Waals surface area (Å²) in [6, 6.07) is 16.5. The highest BCUT2D eigenvalue weighted by Crippen LogP contribution is 2.09. The van der Waals surface area contributed by atoms with Gasteiger partial charge in [-0.3, -0.25) is 9.59 Å². The van der Waals surface area contributed by atoms with Gasteiger partial charge >= 0.3 is 0 Å². The van der Waals surface area contributed by atoms with E-state index in [1.54, 1.807) is 30.5 Å². The minimum absolute atomic E-state index is 0.105. The van der Waals surface area contributed by atoms with Crippen molar-refractivity contribution in [2.45, 2.75) is 12.8 Å². The second-order valence-corrected chi connectivity index (χ2v) is 6.68. The van der Waals surface area contributed by atoms with E-state index in [-0.39, 0.29) is 24.8 Å². The van der Waals surface area contributed by atoms with E-state index in [2.05, 4.69) is 15.7 Å². The van der Waals surface area contributed by atoms with Crippen LogP contribution in [0.1, 0.15) is 22.3 Å². The minimum Gasteiger partial charge on any atom is -0.356 e. The smallest absolute Gasteiger partial charge is 0.251 e. The molecule has 6 nitrogen and oxygen atoms in total. The van der Waals surface area contributed by atoms with Crippen LogP contribution in [-0.4, -0.2) is 34.7 Å². The van der Waals surface area contributed by atoms with Crippen molar-refractivity contribution >= 4 is 23.4 Å². The van der Waals surface area contributed by atoms with Gasteiger partial charge in [0.1, 0.15) is 0 Å². The van der Waals surface area contributed by atoms with Crippen LogP contribution >= 0.6 is 11.6 Å². The van der Waals surface area contributed by atoms with Crippen molar-refractivity contribution in [1.82, 2.24) is 20.4 Å². The van der Waals surface area contributed by atoms with Crippen LogP contribution in [0.3, 0.4) is 0 Å². The second-order valence-electron chi connectivity index (χ2n) is 6.24. The number of benzene rings is 2. The maximum atomic E-state index is 12.0. The van der Waals surface area contributed by atoms with Gasteiger partial charge in [0.15, 0.2) is 0 Å². The molecule has 0 spiro atoms. The molecule has 7 heteroatoms. The van der Waals surface area contributed by atoms with E-state index in [1.807, 2.05) is 41.2 Å². The van der Waals surface area contributed by atoms with Gasteiger partial charge in [0.2, 0.25) is 5.91 Å². The first kappa shape index (κ1) is 19.6. The summed E-state index contributed by atoms with van der Waals surface area (Å²) in [7, 11) is 0. The second kappa shape index (κ2) is 9.71. The number of carbonyl (C=O) groups is 2. The number of carbonyl (C=O) groups excluding carboxylic acids is 2. The van der Waals surface area contributed by atoms with Crippen molar-refractivity contribution < 1.29 is 9.59 Å². The van der Waals surface area contributed by atoms with Gasteiger partial charge in [-0.05, 0) is 48.4 Å². The summed E-state index contributed by atoms with van der Waals surface area (Å²) in [4.78, 5) is 23.9. The van der Waals surface area contributed by atoms with Crippen LogP contribution in [0.15, 0.2) is 67.0 Å². The Kier molecular flexibility index (Phi) is 6.81. The van der Waals surface area contributed by atoms with Gasteiger partial charge in [0, 0.05) is 36.3 Å². The van der Waals surface area contributed by atoms with E-state index in [0.29, 0.717) is 23.6 Å². The number of halogens is 1. The van der Waals surface area contributed by atoms with Gasteiger partial charge in [-0.15, -0.1) is 0 Å². The molecule has 3 rings (SSSR count). The lowest BCUT2D eigenvalue weighted by molar-refractivity contribution is -0.120. The van der Waals surface area contributed by atoms with Gasteiger partial charge in [0.05, 0.1) is 11.9 Å². The standard InChI is InChI=1S/C21H21ClN4O2/c22-18-8-6-17(7-9-18)21(28)24-13-11-20(27)23-12-10-16-14-25-26(15-16)19-4-2-1-3-5-19/h1-9,14-15H,10-13H2,(H,23,27)(H,24,28). The highest BCUT2D eigenvalue weighted by molar-refractivity contribution is 6.30. The molecule has 0 fully saturated rings. The van der Waals surface area contributed by atoms with Crippen LogP contribution in [0.5, 0.6) is 0 Å². The van der Waals surface area contributed by atoms with Crippen molar-refractivity contribution in [3.05, 3.63) is 83.1 Å². The normalized spacial score (nSPS) is 10.5. The molecule has 2 aromatic carbocycles. The number of rotatable bonds is 8. The largest absolute Gasteiger partial charge is 0.356 e. The summed E-state index contributed by atoms with van der Waals surface area (Å²) < 4.78 is 1.81. The molecule has 28 heavy (non-hydrogen) atoms. The minimum atomic E-state index is -0.224. The Morgan fingerprint density at radius 1 is 0.964 bits per heavy atom. The van der Waals surface area contributed by atoms with Crippen molar-refractivity contribution in [3.63, 3.8) is 0 Å². The molecule has 0 aliphatic carbocycles. The van der Waals surface area contributed by atoms with Gasteiger partial charge in [-0.1, -0.05) is 29.8 Å². The van der Waals surface area contributed by atoms with E-state index < -0.39 is 0 Å². The average molecular weight is 397 g/mol. The zero-order chi connectivity index (χ0) is 19.8. The molecule has 0 atom stereocenters. The fraction of sp³-hybridized carbons (Fsp3) is 0.190. The fourth-order valence-electron chi connectivity index (χ4n) is 2.64. The van der Waals surface area contributed by atoms with Crippen molar-refractivity contribution in [2.75, 3.05) is 13.1 Å². The Bertz CT molecular complexity index is 923. The zero-order valence-corrected chi connectivity index (χ0v) is 16.0. The van der Waals surface area contributed by atoms with E-state index in [1.165, 1.54) is 0 Å². The predicted octanol–water partition coefficient (Wildman–Crippen LogP) is 3.00. The highest BCUT2D eigenvalue weighted by atomic mass is 35.5. The van der Waals surface area contributed by atoms with Crippen LogP contribution in [0.25, 0.3) is 5.69 Å². The lowest BCUT2D eigenvalue weighted by atomic mass is 10.2. The summed E-state index contributed by atoms with van der Waals surface area (Å²) in [5, 5.41) is 10.5. The fourth-order valence-corrected chi connectivity index (χ4v) is 2.76. The average Bonchev–Trinajstić information content (AvgIpc) is 3.18. The van der Waals surface area contributed by atoms with Crippen molar-refractivity contribution in [1.29, 1.82) is 0 Å². The number of nitrogens with one attached hydrogen (secondary N) is 2. The van der Waals surface area contributed by atoms with Gasteiger partial charge in [0.25, 0.3) is 5.91 Å². The molecule has 0 saturated heterocycles. The number of amides is 2. The van der Waals surface area contributed by atoms with Crippen LogP contribution in [-0.2, 0) is 11.2 Å². The first-order valence-corrected chi connectivity index (χ1v) is 9.39. The Balaban J connectivity index is 1.35. The molecule has 2 amide bonds. The summed E-state index contributed by atoms with van der Waals surface area (Å²) in [6.45, 7) is 0.795. The third kappa shape index (κ3) is 5.69. The van der Waals surface area contributed by atoms with Crippen LogP contribution in [0.2, 0.25) is 5.02 Å². The van der Waals surface area contributed by atoms with Gasteiger partial charge in [-0.2, -0.15) is 5.10 Å². The third-order valence-electron chi connectivity index (χ3n) is 4.14. The van der Waals surface area contributed by atoms with Crippen LogP contribution in [0.4, 0.5) is 0 Å².